The molecule has 1 heterocycles. The lowest BCUT2D eigenvalue weighted by atomic mass is 9.87. The number of hydrogen-bond donors (Lipinski definition) is 4. The molecule has 0 radical (unpaired) electrons. The van der Waals surface area contributed by atoms with Gasteiger partial charge in [0.05, 0.1) is 37.1 Å². The number of aliphatic carboxylic acids is 1. The van der Waals surface area contributed by atoms with Crippen molar-refractivity contribution in [3.05, 3.63) is 59.7 Å². The lowest BCUT2D eigenvalue weighted by Crippen LogP contribution is -2.56. The van der Waals surface area contributed by atoms with Crippen molar-refractivity contribution in [1.29, 1.82) is 0 Å². The summed E-state index contributed by atoms with van der Waals surface area (Å²) in [5.41, 5.74) is 1.00. The third-order valence-electron chi connectivity index (χ3n) is 6.18. The van der Waals surface area contributed by atoms with Gasteiger partial charge in [0, 0.05) is 30.5 Å². The van der Waals surface area contributed by atoms with Crippen molar-refractivity contribution in [3.63, 3.8) is 0 Å². The highest BCUT2D eigenvalue weighted by molar-refractivity contribution is 6.05. The van der Waals surface area contributed by atoms with Crippen LogP contribution in [0.4, 0.5) is 11.5 Å². The van der Waals surface area contributed by atoms with Crippen LogP contribution in [0.2, 0.25) is 0 Å². The zero-order chi connectivity index (χ0) is 26.9. The first kappa shape index (κ1) is 27.7. The smallest absolute Gasteiger partial charge is 0.331 e. The zero-order valence-corrected chi connectivity index (χ0v) is 21.5. The maximum Gasteiger partial charge on any atom is 0.331 e. The molecule has 0 bridgehead atoms. The molecule has 2 aromatic rings. The number of nitrogens with zero attached hydrogens (tertiary/aromatic N) is 1. The number of amides is 2. The number of methoxy groups -OCH3 is 1. The van der Waals surface area contributed by atoms with Gasteiger partial charge in [-0.25, -0.2) is 4.79 Å². The summed E-state index contributed by atoms with van der Waals surface area (Å²) in [5, 5.41) is 18.8. The maximum absolute atomic E-state index is 12.8. The fourth-order valence-electron chi connectivity index (χ4n) is 4.23. The Bertz CT molecular complexity index is 1130. The summed E-state index contributed by atoms with van der Waals surface area (Å²) in [5.74, 6) is -1.11. The molecule has 0 aliphatic heterocycles. The molecule has 1 aliphatic carbocycles. The first-order valence-corrected chi connectivity index (χ1v) is 12.3. The molecule has 3 atom stereocenters. The molecule has 1 aliphatic rings. The summed E-state index contributed by atoms with van der Waals surface area (Å²) in [4.78, 5) is 41.4. The lowest BCUT2D eigenvalue weighted by molar-refractivity contribution is -0.133. The Kier molecular flexibility index (Phi) is 9.62. The van der Waals surface area contributed by atoms with Crippen LogP contribution in [0.5, 0.6) is 5.88 Å². The molecule has 0 spiro atoms. The summed E-state index contributed by atoms with van der Waals surface area (Å²) >= 11 is 0. The van der Waals surface area contributed by atoms with Gasteiger partial charge in [-0.05, 0) is 37.1 Å². The minimum absolute atomic E-state index is 0.0913. The van der Waals surface area contributed by atoms with Crippen molar-refractivity contribution < 1.29 is 29.0 Å². The number of aromatic nitrogens is 1. The van der Waals surface area contributed by atoms with E-state index in [1.807, 2.05) is 19.9 Å². The van der Waals surface area contributed by atoms with Crippen molar-refractivity contribution in [1.82, 2.24) is 10.3 Å². The lowest BCUT2D eigenvalue weighted by Gasteiger charge is -2.38. The van der Waals surface area contributed by atoms with Crippen LogP contribution in [0.15, 0.2) is 54.1 Å². The number of carboxylic acid groups (broad SMARTS) is 1. The molecule has 0 unspecified atom stereocenters. The van der Waals surface area contributed by atoms with Gasteiger partial charge >= 0.3 is 5.97 Å². The average Bonchev–Trinajstić information content (AvgIpc) is 2.89. The van der Waals surface area contributed by atoms with Crippen molar-refractivity contribution in [2.45, 2.75) is 64.3 Å². The molecular weight excluding hydrogens is 476 g/mol. The number of carbonyl (C=O) groups excluding carboxylic acids is 2. The fourth-order valence-corrected chi connectivity index (χ4v) is 4.23. The van der Waals surface area contributed by atoms with Crippen LogP contribution in [-0.2, 0) is 14.3 Å². The monoisotopic (exact) mass is 510 g/mol. The van der Waals surface area contributed by atoms with E-state index in [0.717, 1.165) is 12.8 Å². The molecule has 4 N–H and O–H groups in total. The predicted octanol–water partition coefficient (Wildman–Crippen LogP) is 3.62. The molecule has 37 heavy (non-hydrogen) atoms. The van der Waals surface area contributed by atoms with E-state index in [2.05, 4.69) is 20.9 Å². The highest BCUT2D eigenvalue weighted by Crippen LogP contribution is 2.30. The third-order valence-corrected chi connectivity index (χ3v) is 6.18. The molecular formula is C27H34N4O6. The largest absolute Gasteiger partial charge is 0.481 e. The van der Waals surface area contributed by atoms with Gasteiger partial charge in [-0.3, -0.25) is 9.59 Å². The number of pyridine rings is 1. The number of rotatable bonds is 11. The van der Waals surface area contributed by atoms with Crippen LogP contribution in [0.25, 0.3) is 0 Å². The maximum atomic E-state index is 12.8. The normalized spacial score (nSPS) is 19.1. The number of benzene rings is 1. The van der Waals surface area contributed by atoms with Gasteiger partial charge in [-0.1, -0.05) is 32.0 Å². The quantitative estimate of drug-likeness (QED) is 0.360. The molecule has 2 amide bonds. The molecule has 1 aromatic carbocycles. The van der Waals surface area contributed by atoms with Gasteiger partial charge in [-0.15, -0.1) is 0 Å². The van der Waals surface area contributed by atoms with E-state index < -0.39 is 24.2 Å². The number of hydrogen-bond acceptors (Lipinski definition) is 7. The first-order valence-electron chi connectivity index (χ1n) is 12.3. The van der Waals surface area contributed by atoms with Crippen molar-refractivity contribution >= 4 is 29.3 Å². The molecule has 10 heteroatoms. The van der Waals surface area contributed by atoms with Gasteiger partial charge in [0.15, 0.2) is 5.82 Å². The molecule has 10 nitrogen and oxygen atoms in total. The Morgan fingerprint density at radius 3 is 2.41 bits per heavy atom. The summed E-state index contributed by atoms with van der Waals surface area (Å²) in [7, 11) is 1.47. The van der Waals surface area contributed by atoms with E-state index in [1.165, 1.54) is 14.0 Å². The minimum Gasteiger partial charge on any atom is -0.481 e. The topological polar surface area (TPSA) is 139 Å². The van der Waals surface area contributed by atoms with E-state index in [9.17, 15) is 19.5 Å². The van der Waals surface area contributed by atoms with Crippen molar-refractivity contribution in [2.75, 3.05) is 17.7 Å². The van der Waals surface area contributed by atoms with E-state index >= 15 is 0 Å². The van der Waals surface area contributed by atoms with Crippen LogP contribution in [0.1, 0.15) is 50.4 Å². The number of carboxylic acids is 1. The standard InChI is InChI=1S/C27H34N4O6/c1-5-19(6-2)37-22-15-18(27(34)35)14-21(24(22)28-16(3)32)29-25-20(12-13-23(31-25)36-4)30-26(33)17-10-8-7-9-11-17/h7-13,15,19,21-22,24H,5-6,14H2,1-4H3,(H,28,32)(H,29,31)(H,30,33)(H,34,35)/t21-,22+,24+/m0/s1. The second kappa shape index (κ2) is 12.9. The molecule has 0 saturated carbocycles. The van der Waals surface area contributed by atoms with Gasteiger partial charge < -0.3 is 30.5 Å². The minimum atomic E-state index is -1.07. The van der Waals surface area contributed by atoms with E-state index in [-0.39, 0.29) is 35.7 Å². The second-order valence-corrected chi connectivity index (χ2v) is 8.79. The number of anilines is 2. The van der Waals surface area contributed by atoms with Gasteiger partial charge in [-0.2, -0.15) is 4.98 Å². The molecule has 3 rings (SSSR count). The molecule has 1 aromatic heterocycles. The van der Waals surface area contributed by atoms with Crippen LogP contribution in [0, 0.1) is 0 Å². The Balaban J connectivity index is 1.97. The third kappa shape index (κ3) is 7.29. The van der Waals surface area contributed by atoms with Gasteiger partial charge in [0.25, 0.3) is 5.91 Å². The Labute approximate surface area is 216 Å². The van der Waals surface area contributed by atoms with Crippen LogP contribution >= 0.6 is 0 Å². The number of ether oxygens (including phenoxy) is 2. The van der Waals surface area contributed by atoms with Crippen molar-refractivity contribution in [2.24, 2.45) is 0 Å². The van der Waals surface area contributed by atoms with Crippen LogP contribution in [0.3, 0.4) is 0 Å². The van der Waals surface area contributed by atoms with E-state index in [0.29, 0.717) is 17.1 Å². The predicted molar refractivity (Wildman–Crippen MR) is 140 cm³/mol. The van der Waals surface area contributed by atoms with E-state index in [4.69, 9.17) is 9.47 Å². The average molecular weight is 511 g/mol. The highest BCUT2D eigenvalue weighted by atomic mass is 16.5. The number of nitrogens with one attached hydrogen (secondary N) is 3. The first-order chi connectivity index (χ1) is 17.7. The molecule has 0 fully saturated rings. The fraction of sp³-hybridized carbons (Fsp3) is 0.407. The van der Waals surface area contributed by atoms with Crippen LogP contribution in [-0.4, -0.2) is 59.3 Å². The van der Waals surface area contributed by atoms with E-state index in [1.54, 1.807) is 42.5 Å². The summed E-state index contributed by atoms with van der Waals surface area (Å²) in [6.07, 6.45) is 2.34. The van der Waals surface area contributed by atoms with Gasteiger partial charge in [0.1, 0.15) is 0 Å². The molecule has 198 valence electrons. The molecule has 0 saturated heterocycles. The SMILES string of the molecule is CCC(CC)O[C@@H]1C=C(C(=O)O)C[C@H](Nc2nc(OC)ccc2NC(=O)c2ccccc2)[C@H]1NC(C)=O. The highest BCUT2D eigenvalue weighted by Gasteiger charge is 2.38. The Morgan fingerprint density at radius 2 is 1.81 bits per heavy atom. The summed E-state index contributed by atoms with van der Waals surface area (Å²) in [6, 6.07) is 10.8. The Hall–Kier alpha value is -3.92. The van der Waals surface area contributed by atoms with Crippen molar-refractivity contribution in [3.8, 4) is 5.88 Å². The summed E-state index contributed by atoms with van der Waals surface area (Å²) < 4.78 is 11.5. The number of carbonyl (C=O) groups is 3. The summed E-state index contributed by atoms with van der Waals surface area (Å²) in [6.45, 7) is 5.38. The van der Waals surface area contributed by atoms with Crippen LogP contribution < -0.4 is 20.7 Å². The van der Waals surface area contributed by atoms with Gasteiger partial charge in [0.2, 0.25) is 11.8 Å². The second-order valence-electron chi connectivity index (χ2n) is 8.79. The zero-order valence-electron chi connectivity index (χ0n) is 21.5. The Morgan fingerprint density at radius 1 is 1.11 bits per heavy atom.